The highest BCUT2D eigenvalue weighted by atomic mass is 79.9. The molecule has 0 aromatic carbocycles. The molecule has 0 aliphatic rings. The molecule has 32 valence electrons. The summed E-state index contributed by atoms with van der Waals surface area (Å²) in [6, 6.07) is 0. The van der Waals surface area contributed by atoms with Crippen molar-refractivity contribution in [3.63, 3.8) is 0 Å². The van der Waals surface area contributed by atoms with E-state index in [2.05, 4.69) is 23.7 Å². The van der Waals surface area contributed by atoms with E-state index in [1.54, 1.807) is 0 Å². The van der Waals surface area contributed by atoms with Gasteiger partial charge in [-0.3, -0.25) is 0 Å². The molecule has 0 heterocycles. The van der Waals surface area contributed by atoms with Crippen molar-refractivity contribution in [3.05, 3.63) is 0 Å². The van der Waals surface area contributed by atoms with Crippen LogP contribution in [0, 0.1) is 0 Å². The maximum absolute atomic E-state index is 4.62. The zero-order chi connectivity index (χ0) is 3.58. The molecule has 0 atom stereocenters. The summed E-state index contributed by atoms with van der Waals surface area (Å²) in [4.78, 5) is 0. The SMILES string of the molecule is NC(N)=S.[Br-].[H+]. The van der Waals surface area contributed by atoms with E-state index in [1.807, 2.05) is 0 Å². The van der Waals surface area contributed by atoms with Gasteiger partial charge in [-0.1, -0.05) is 0 Å². The van der Waals surface area contributed by atoms with Crippen LogP contribution in [0.4, 0.5) is 0 Å². The molecule has 4 heteroatoms. The van der Waals surface area contributed by atoms with Crippen LogP contribution in [0.2, 0.25) is 0 Å². The summed E-state index contributed by atoms with van der Waals surface area (Å²) in [5, 5.41) is 0.000000000000000222. The van der Waals surface area contributed by atoms with Gasteiger partial charge in [0.05, 0.1) is 0 Å². The Morgan fingerprint density at radius 3 is 1.60 bits per heavy atom. The zero-order valence-electron chi connectivity index (χ0n) is 3.44. The van der Waals surface area contributed by atoms with Gasteiger partial charge in [0.2, 0.25) is 0 Å². The Hall–Kier alpha value is 0.170. The van der Waals surface area contributed by atoms with Gasteiger partial charge in [0, 0.05) is 0 Å². The van der Waals surface area contributed by atoms with Crippen molar-refractivity contribution in [2.75, 3.05) is 0 Å². The minimum absolute atomic E-state index is 0. The monoisotopic (exact) mass is 156 g/mol. The first kappa shape index (κ1) is 8.95. The molecule has 0 radical (unpaired) electrons. The highest BCUT2D eigenvalue weighted by molar-refractivity contribution is 7.80. The lowest BCUT2D eigenvalue weighted by Gasteiger charge is -1.68. The van der Waals surface area contributed by atoms with Gasteiger partial charge in [-0.25, -0.2) is 0 Å². The average Bonchev–Trinajstić information content (AvgIpc) is 0.811. The molecule has 0 saturated carbocycles. The third-order valence-electron chi connectivity index (χ3n) is 0. The van der Waals surface area contributed by atoms with Crippen LogP contribution in [-0.4, -0.2) is 5.11 Å². The van der Waals surface area contributed by atoms with Gasteiger partial charge in [-0.2, -0.15) is 0 Å². The van der Waals surface area contributed by atoms with E-state index in [-0.39, 0.29) is 23.5 Å². The molecule has 0 bridgehead atoms. The molecule has 4 N–H and O–H groups in total. The van der Waals surface area contributed by atoms with Crippen molar-refractivity contribution >= 4 is 17.3 Å². The highest BCUT2D eigenvalue weighted by Gasteiger charge is 1.53. The average molecular weight is 157 g/mol. The maximum Gasteiger partial charge on any atom is 1.00 e. The fourth-order valence-electron chi connectivity index (χ4n) is 0. The Morgan fingerprint density at radius 1 is 1.60 bits per heavy atom. The van der Waals surface area contributed by atoms with Gasteiger partial charge < -0.3 is 28.4 Å². The van der Waals surface area contributed by atoms with Crippen molar-refractivity contribution in [3.8, 4) is 0 Å². The number of nitrogens with two attached hydrogens (primary N) is 2. The van der Waals surface area contributed by atoms with Crippen molar-refractivity contribution < 1.29 is 18.4 Å². The lowest BCUT2D eigenvalue weighted by atomic mass is 11.3. The van der Waals surface area contributed by atoms with Crippen LogP contribution in [0.3, 0.4) is 0 Å². The maximum atomic E-state index is 4.62. The van der Waals surface area contributed by atoms with E-state index >= 15 is 0 Å². The van der Waals surface area contributed by atoms with E-state index in [1.165, 1.54) is 0 Å². The number of hydrogen-bond donors (Lipinski definition) is 2. The summed E-state index contributed by atoms with van der Waals surface area (Å²) in [5.74, 6) is 0. The van der Waals surface area contributed by atoms with E-state index in [4.69, 9.17) is 0 Å². The van der Waals surface area contributed by atoms with Crippen LogP contribution < -0.4 is 28.4 Å². The summed E-state index contributed by atoms with van der Waals surface area (Å²) >= 11 is 4.09. The van der Waals surface area contributed by atoms with E-state index in [9.17, 15) is 0 Å². The normalized spacial score (nSPS) is 4.80. The van der Waals surface area contributed by atoms with Crippen LogP contribution in [0.1, 0.15) is 1.43 Å². The van der Waals surface area contributed by atoms with Crippen molar-refractivity contribution in [1.29, 1.82) is 0 Å². The molecule has 0 aliphatic heterocycles. The molecule has 0 aliphatic carbocycles. The molecular weight excluding hydrogens is 152 g/mol. The van der Waals surface area contributed by atoms with Gasteiger partial charge in [0.15, 0.2) is 5.11 Å². The Balaban J connectivity index is -0.0000000450. The van der Waals surface area contributed by atoms with Gasteiger partial charge in [-0.15, -0.1) is 0 Å². The highest BCUT2D eigenvalue weighted by Crippen LogP contribution is 1.32. The van der Waals surface area contributed by atoms with Crippen molar-refractivity contribution in [2.45, 2.75) is 0 Å². The van der Waals surface area contributed by atoms with Crippen LogP contribution in [-0.2, 0) is 0 Å². The Morgan fingerprint density at radius 2 is 1.60 bits per heavy atom. The van der Waals surface area contributed by atoms with Crippen LogP contribution in [0.5, 0.6) is 0 Å². The fourth-order valence-corrected chi connectivity index (χ4v) is 0. The molecule has 0 amide bonds. The van der Waals surface area contributed by atoms with Crippen molar-refractivity contribution in [2.24, 2.45) is 11.5 Å². The topological polar surface area (TPSA) is 52.0 Å². The number of hydrogen-bond acceptors (Lipinski definition) is 1. The van der Waals surface area contributed by atoms with Crippen LogP contribution in [0.15, 0.2) is 0 Å². The largest absolute Gasteiger partial charge is 1.00 e. The lowest BCUT2D eigenvalue weighted by Crippen LogP contribution is -3.00. The van der Waals surface area contributed by atoms with Crippen molar-refractivity contribution in [1.82, 2.24) is 0 Å². The lowest BCUT2D eigenvalue weighted by molar-refractivity contribution is -0.00000102. The molecule has 2 nitrogen and oxygen atoms in total. The van der Waals surface area contributed by atoms with Gasteiger partial charge >= 0.3 is 1.43 Å². The number of halogens is 1. The molecule has 0 aromatic heterocycles. The van der Waals surface area contributed by atoms with Crippen LogP contribution in [0.25, 0.3) is 0 Å². The molecule has 0 aromatic rings. The Bertz CT molecular complexity index is 36.5. The smallest absolute Gasteiger partial charge is 1.00 e. The summed E-state index contributed by atoms with van der Waals surface area (Å²) in [6.45, 7) is 0. The Labute approximate surface area is 47.8 Å². The second-order valence-corrected chi connectivity index (χ2v) is 0.874. The summed E-state index contributed by atoms with van der Waals surface area (Å²) in [7, 11) is 0. The minimum Gasteiger partial charge on any atom is -1.00 e. The molecule has 0 unspecified atom stereocenters. The number of thiocarbonyl (C=S) groups is 1. The first-order chi connectivity index (χ1) is 1.73. The molecular formula is CH5BrN2S. The van der Waals surface area contributed by atoms with E-state index in [0.29, 0.717) is 0 Å². The quantitative estimate of drug-likeness (QED) is 0.356. The van der Waals surface area contributed by atoms with Gasteiger partial charge in [0.25, 0.3) is 0 Å². The second-order valence-electron chi connectivity index (χ2n) is 0.402. The molecule has 0 saturated heterocycles. The fraction of sp³-hybridized carbons (Fsp3) is 0. The third-order valence-corrected chi connectivity index (χ3v) is 0. The zero-order valence-corrected chi connectivity index (χ0v) is 4.84. The van der Waals surface area contributed by atoms with E-state index < -0.39 is 0 Å². The third kappa shape index (κ3) is 679. The first-order valence-corrected chi connectivity index (χ1v) is 1.19. The first-order valence-electron chi connectivity index (χ1n) is 0.781. The Kier molecular flexibility index (Phi) is 7.46. The number of rotatable bonds is 0. The van der Waals surface area contributed by atoms with Gasteiger partial charge in [0.1, 0.15) is 0 Å². The molecule has 0 rings (SSSR count). The molecule has 0 spiro atoms. The summed E-state index contributed by atoms with van der Waals surface area (Å²) in [5.41, 5.74) is 9.24. The predicted octanol–water partition coefficient (Wildman–Crippen LogP) is -3.69. The molecule has 5 heavy (non-hydrogen) atoms. The standard InChI is InChI=1S/CH4N2S.BrH/c2-1(3)4;/h(H4,2,3,4);1H. The van der Waals surface area contributed by atoms with Crippen LogP contribution >= 0.6 is 12.2 Å². The predicted molar refractivity (Wildman–Crippen MR) is 22.1 cm³/mol. The molecule has 0 fully saturated rings. The summed E-state index contributed by atoms with van der Waals surface area (Å²) in [6.07, 6.45) is 0. The summed E-state index contributed by atoms with van der Waals surface area (Å²) < 4.78 is 0. The minimum atomic E-state index is 0. The van der Waals surface area contributed by atoms with Gasteiger partial charge in [-0.05, 0) is 12.2 Å². The van der Waals surface area contributed by atoms with E-state index in [0.717, 1.165) is 0 Å². The second kappa shape index (κ2) is 4.17.